The SMILES string of the molecule is C[B]C1OC2(CC(C)C)CC(S)C1C2C(C)C. The van der Waals surface area contributed by atoms with Crippen molar-refractivity contribution in [1.82, 2.24) is 0 Å². The molecule has 1 aliphatic carbocycles. The largest absolute Gasteiger partial charge is 0.380 e. The molecule has 1 heterocycles. The Labute approximate surface area is 113 Å². The fourth-order valence-electron chi connectivity index (χ4n) is 4.42. The maximum Gasteiger partial charge on any atom is 0.146 e. The minimum Gasteiger partial charge on any atom is -0.380 e. The lowest BCUT2D eigenvalue weighted by Gasteiger charge is -2.36. The molecule has 5 unspecified atom stereocenters. The molecular formula is C14H26BOS. The van der Waals surface area contributed by atoms with Gasteiger partial charge in [-0.2, -0.15) is 12.6 Å². The van der Waals surface area contributed by atoms with E-state index in [4.69, 9.17) is 17.4 Å². The monoisotopic (exact) mass is 253 g/mol. The zero-order chi connectivity index (χ0) is 12.8. The second kappa shape index (κ2) is 4.81. The van der Waals surface area contributed by atoms with E-state index in [9.17, 15) is 0 Å². The number of ether oxygens (including phenoxy) is 1. The van der Waals surface area contributed by atoms with Crippen molar-refractivity contribution in [2.75, 3.05) is 0 Å². The normalized spacial score (nSPS) is 44.9. The summed E-state index contributed by atoms with van der Waals surface area (Å²) in [7, 11) is 2.24. The summed E-state index contributed by atoms with van der Waals surface area (Å²) in [6, 6.07) is 0.331. The van der Waals surface area contributed by atoms with Gasteiger partial charge in [0.15, 0.2) is 0 Å². The van der Waals surface area contributed by atoms with Crippen molar-refractivity contribution >= 4 is 19.9 Å². The first-order valence-electron chi connectivity index (χ1n) is 7.06. The quantitative estimate of drug-likeness (QED) is 0.596. The zero-order valence-electron chi connectivity index (χ0n) is 11.8. The minimum atomic E-state index is 0.108. The van der Waals surface area contributed by atoms with Gasteiger partial charge in [-0.25, -0.2) is 0 Å². The van der Waals surface area contributed by atoms with Crippen molar-refractivity contribution in [2.45, 2.75) is 64.2 Å². The lowest BCUT2D eigenvalue weighted by Crippen LogP contribution is -2.40. The van der Waals surface area contributed by atoms with Crippen molar-refractivity contribution in [3.05, 3.63) is 0 Å². The third-order valence-electron chi connectivity index (χ3n) is 4.57. The maximum atomic E-state index is 6.45. The van der Waals surface area contributed by atoms with Gasteiger partial charge in [-0.3, -0.25) is 0 Å². The first-order chi connectivity index (χ1) is 7.91. The molecular weight excluding hydrogens is 227 g/mol. The van der Waals surface area contributed by atoms with Gasteiger partial charge in [0.05, 0.1) is 5.60 Å². The maximum absolute atomic E-state index is 6.45. The average molecular weight is 253 g/mol. The average Bonchev–Trinajstić information content (AvgIpc) is 2.64. The van der Waals surface area contributed by atoms with E-state index < -0.39 is 0 Å². The summed E-state index contributed by atoms with van der Waals surface area (Å²) in [6.45, 7) is 11.4. The lowest BCUT2D eigenvalue weighted by atomic mass is 9.65. The Balaban J connectivity index is 2.29. The molecule has 1 nitrogen and oxygen atoms in total. The van der Waals surface area contributed by atoms with Crippen LogP contribution in [0.15, 0.2) is 0 Å². The number of hydrogen-bond donors (Lipinski definition) is 1. The summed E-state index contributed by atoms with van der Waals surface area (Å²) in [5.41, 5.74) is 0.108. The van der Waals surface area contributed by atoms with E-state index >= 15 is 0 Å². The Morgan fingerprint density at radius 3 is 2.47 bits per heavy atom. The summed E-state index contributed by atoms with van der Waals surface area (Å²) in [5, 5.41) is 0.524. The van der Waals surface area contributed by atoms with Gasteiger partial charge in [-0.05, 0) is 36.5 Å². The van der Waals surface area contributed by atoms with Gasteiger partial charge in [0.25, 0.3) is 0 Å². The molecule has 1 saturated carbocycles. The van der Waals surface area contributed by atoms with Crippen LogP contribution in [0, 0.1) is 23.7 Å². The molecule has 0 aromatic rings. The van der Waals surface area contributed by atoms with Crippen molar-refractivity contribution in [3.63, 3.8) is 0 Å². The smallest absolute Gasteiger partial charge is 0.146 e. The molecule has 1 saturated heterocycles. The second-order valence-corrected chi connectivity index (χ2v) is 7.36. The highest BCUT2D eigenvalue weighted by atomic mass is 32.1. The van der Waals surface area contributed by atoms with Gasteiger partial charge in [0.1, 0.15) is 7.28 Å². The molecule has 2 rings (SSSR count). The highest BCUT2D eigenvalue weighted by Crippen LogP contribution is 2.59. The van der Waals surface area contributed by atoms with Gasteiger partial charge in [0.2, 0.25) is 0 Å². The summed E-state index contributed by atoms with van der Waals surface area (Å²) in [4.78, 5) is 0. The predicted molar refractivity (Wildman–Crippen MR) is 77.9 cm³/mol. The Morgan fingerprint density at radius 1 is 1.35 bits per heavy atom. The Morgan fingerprint density at radius 2 is 2.00 bits per heavy atom. The Hall–Kier alpha value is 0.375. The topological polar surface area (TPSA) is 9.23 Å². The third-order valence-corrected chi connectivity index (χ3v) is 5.10. The van der Waals surface area contributed by atoms with Crippen LogP contribution in [0.5, 0.6) is 0 Å². The summed E-state index contributed by atoms with van der Waals surface area (Å²) in [6.07, 6.45) is 2.33. The van der Waals surface area contributed by atoms with Crippen LogP contribution in [0.4, 0.5) is 0 Å². The van der Waals surface area contributed by atoms with Gasteiger partial charge in [0, 0.05) is 11.3 Å². The molecule has 2 bridgehead atoms. The number of rotatable bonds is 4. The van der Waals surface area contributed by atoms with Crippen LogP contribution in [-0.4, -0.2) is 24.1 Å². The molecule has 1 radical (unpaired) electrons. The molecule has 2 aliphatic rings. The number of hydrogen-bond acceptors (Lipinski definition) is 2. The van der Waals surface area contributed by atoms with Crippen LogP contribution in [0.3, 0.4) is 0 Å². The first kappa shape index (κ1) is 13.8. The van der Waals surface area contributed by atoms with E-state index in [2.05, 4.69) is 41.8 Å². The third kappa shape index (κ3) is 2.18. The first-order valence-corrected chi connectivity index (χ1v) is 7.58. The molecule has 0 amide bonds. The molecule has 17 heavy (non-hydrogen) atoms. The molecule has 0 aromatic carbocycles. The summed E-state index contributed by atoms with van der Waals surface area (Å²) < 4.78 is 6.45. The van der Waals surface area contributed by atoms with E-state index in [1.807, 2.05) is 0 Å². The zero-order valence-corrected chi connectivity index (χ0v) is 12.7. The van der Waals surface area contributed by atoms with Gasteiger partial charge in [-0.1, -0.05) is 34.5 Å². The van der Waals surface area contributed by atoms with E-state index in [-0.39, 0.29) is 5.60 Å². The molecule has 3 heteroatoms. The van der Waals surface area contributed by atoms with E-state index in [0.717, 1.165) is 6.42 Å². The number of fused-ring (bicyclic) bond motifs is 2. The van der Waals surface area contributed by atoms with E-state index in [1.165, 1.54) is 6.42 Å². The molecule has 97 valence electrons. The van der Waals surface area contributed by atoms with Crippen molar-refractivity contribution in [2.24, 2.45) is 23.7 Å². The van der Waals surface area contributed by atoms with Crippen LogP contribution in [0.25, 0.3) is 0 Å². The van der Waals surface area contributed by atoms with Gasteiger partial charge < -0.3 is 4.74 Å². The molecule has 2 fully saturated rings. The van der Waals surface area contributed by atoms with Crippen molar-refractivity contribution < 1.29 is 4.74 Å². The van der Waals surface area contributed by atoms with Crippen molar-refractivity contribution in [1.29, 1.82) is 0 Å². The molecule has 0 aromatic heterocycles. The highest BCUT2D eigenvalue weighted by molar-refractivity contribution is 7.81. The Kier molecular flexibility index (Phi) is 3.90. The predicted octanol–water partition coefficient (Wildman–Crippen LogP) is 3.47. The lowest BCUT2D eigenvalue weighted by molar-refractivity contribution is -0.0664. The molecule has 1 aliphatic heterocycles. The van der Waals surface area contributed by atoms with Crippen LogP contribution in [0.1, 0.15) is 40.5 Å². The standard InChI is InChI=1S/C14H26BOS/c1-8(2)6-14-7-10(17)11(12(14)9(3)4)13(15-5)16-14/h8-13,17H,6-7H2,1-5H3. The Bertz CT molecular complexity index is 281. The van der Waals surface area contributed by atoms with Crippen LogP contribution < -0.4 is 0 Å². The minimum absolute atomic E-state index is 0.108. The molecule has 5 atom stereocenters. The van der Waals surface area contributed by atoms with Crippen LogP contribution in [0.2, 0.25) is 6.82 Å². The van der Waals surface area contributed by atoms with Crippen LogP contribution in [-0.2, 0) is 4.74 Å². The molecule has 0 spiro atoms. The second-order valence-electron chi connectivity index (χ2n) is 6.70. The van der Waals surface area contributed by atoms with Gasteiger partial charge in [-0.15, -0.1) is 0 Å². The highest BCUT2D eigenvalue weighted by Gasteiger charge is 2.62. The van der Waals surface area contributed by atoms with E-state index in [0.29, 0.717) is 34.9 Å². The summed E-state index contributed by atoms with van der Waals surface area (Å²) in [5.74, 6) is 2.71. The fourth-order valence-corrected chi connectivity index (χ4v) is 5.08. The fraction of sp³-hybridized carbons (Fsp3) is 1.00. The van der Waals surface area contributed by atoms with Crippen molar-refractivity contribution in [3.8, 4) is 0 Å². The van der Waals surface area contributed by atoms with E-state index in [1.54, 1.807) is 0 Å². The van der Waals surface area contributed by atoms with Crippen LogP contribution >= 0.6 is 12.6 Å². The molecule has 0 N–H and O–H groups in total. The summed E-state index contributed by atoms with van der Waals surface area (Å²) >= 11 is 4.84. The van der Waals surface area contributed by atoms with Gasteiger partial charge >= 0.3 is 0 Å². The number of thiol groups is 1.